The monoisotopic (exact) mass is 407 g/mol. The lowest BCUT2D eigenvalue weighted by molar-refractivity contribution is -0.137. The van der Waals surface area contributed by atoms with Crippen molar-refractivity contribution in [2.24, 2.45) is 5.73 Å². The summed E-state index contributed by atoms with van der Waals surface area (Å²) in [6.45, 7) is 1.72. The van der Waals surface area contributed by atoms with E-state index in [2.05, 4.69) is 15.3 Å². The van der Waals surface area contributed by atoms with Crippen molar-refractivity contribution >= 4 is 28.8 Å². The Hall–Kier alpha value is -4.21. The van der Waals surface area contributed by atoms with Crippen molar-refractivity contribution in [3.8, 4) is 5.82 Å². The summed E-state index contributed by atoms with van der Waals surface area (Å²) < 4.78 is 12.0. The molecule has 0 aliphatic heterocycles. The van der Waals surface area contributed by atoms with Crippen molar-refractivity contribution in [2.45, 2.75) is 19.4 Å². The van der Waals surface area contributed by atoms with Crippen LogP contribution >= 0.6 is 0 Å². The first kappa shape index (κ1) is 19.1. The molecule has 0 radical (unpaired) electrons. The maximum absolute atomic E-state index is 13.0. The number of carbonyl (C=O) groups excluding carboxylic acids is 3. The molecule has 0 saturated carbocycles. The standard InChI is InChI=1S/C20H17N5O5/c1-11-23-9-15(25(11)16-4-2-3-6-22-16)19(28)24-14(17(26)18(21)27)8-12-10-30-20-13(12)5-7-29-20/h2-7,9-10,14H,8H2,1H3,(H2,21,27)(H,24,28). The van der Waals surface area contributed by atoms with E-state index in [9.17, 15) is 14.4 Å². The summed E-state index contributed by atoms with van der Waals surface area (Å²) in [5.74, 6) is -1.38. The van der Waals surface area contributed by atoms with E-state index in [-0.39, 0.29) is 17.9 Å². The Morgan fingerprint density at radius 2 is 2.03 bits per heavy atom. The predicted molar refractivity (Wildman–Crippen MR) is 104 cm³/mol. The third kappa shape index (κ3) is 3.46. The SMILES string of the molecule is Cc1ncc(C(=O)NC(Cc2coc3occc23)C(=O)C(N)=O)n1-c1ccccn1. The molecule has 10 nitrogen and oxygen atoms in total. The van der Waals surface area contributed by atoms with E-state index in [1.807, 2.05) is 0 Å². The number of nitrogens with one attached hydrogen (secondary N) is 1. The zero-order valence-electron chi connectivity index (χ0n) is 15.9. The highest BCUT2D eigenvalue weighted by molar-refractivity contribution is 6.38. The Morgan fingerprint density at radius 1 is 1.20 bits per heavy atom. The van der Waals surface area contributed by atoms with Crippen molar-refractivity contribution in [2.75, 3.05) is 0 Å². The molecule has 0 spiro atoms. The molecule has 4 aromatic heterocycles. The lowest BCUT2D eigenvalue weighted by Crippen LogP contribution is -2.47. The number of aryl methyl sites for hydroxylation is 1. The summed E-state index contributed by atoms with van der Waals surface area (Å²) in [6, 6.07) is 5.72. The molecule has 2 amide bonds. The number of primary amides is 1. The van der Waals surface area contributed by atoms with Gasteiger partial charge in [0.15, 0.2) is 0 Å². The highest BCUT2D eigenvalue weighted by Crippen LogP contribution is 2.23. The van der Waals surface area contributed by atoms with Gasteiger partial charge in [0, 0.05) is 18.2 Å². The third-order valence-electron chi connectivity index (χ3n) is 4.62. The van der Waals surface area contributed by atoms with E-state index in [4.69, 9.17) is 14.6 Å². The minimum atomic E-state index is -1.20. The van der Waals surface area contributed by atoms with Gasteiger partial charge in [-0.3, -0.25) is 19.0 Å². The summed E-state index contributed by atoms with van der Waals surface area (Å²) >= 11 is 0. The number of amides is 2. The van der Waals surface area contributed by atoms with Gasteiger partial charge >= 0.3 is 0 Å². The first-order chi connectivity index (χ1) is 14.5. The number of nitrogens with two attached hydrogens (primary N) is 1. The molecule has 1 unspecified atom stereocenters. The van der Waals surface area contributed by atoms with E-state index >= 15 is 0 Å². The topological polar surface area (TPSA) is 146 Å². The van der Waals surface area contributed by atoms with Gasteiger partial charge in [-0.15, -0.1) is 0 Å². The highest BCUT2D eigenvalue weighted by atomic mass is 16.5. The molecule has 0 aromatic carbocycles. The van der Waals surface area contributed by atoms with Gasteiger partial charge in [-0.2, -0.15) is 0 Å². The van der Waals surface area contributed by atoms with Gasteiger partial charge in [-0.05, 0) is 25.1 Å². The van der Waals surface area contributed by atoms with Gasteiger partial charge < -0.3 is 19.9 Å². The summed E-state index contributed by atoms with van der Waals surface area (Å²) in [4.78, 5) is 45.3. The lowest BCUT2D eigenvalue weighted by atomic mass is 10.0. The number of imidazole rings is 1. The van der Waals surface area contributed by atoms with Crippen molar-refractivity contribution in [1.82, 2.24) is 19.9 Å². The minimum absolute atomic E-state index is 0.00322. The van der Waals surface area contributed by atoms with Crippen LogP contribution in [0.2, 0.25) is 0 Å². The number of pyridine rings is 1. The molecule has 0 bridgehead atoms. The molecule has 10 heteroatoms. The molecule has 152 valence electrons. The molecular weight excluding hydrogens is 390 g/mol. The molecule has 0 aliphatic carbocycles. The van der Waals surface area contributed by atoms with Crippen LogP contribution < -0.4 is 11.1 Å². The summed E-state index contributed by atoms with van der Waals surface area (Å²) in [5, 5.41) is 3.22. The fourth-order valence-electron chi connectivity index (χ4n) is 3.18. The quantitative estimate of drug-likeness (QED) is 0.439. The average molecular weight is 407 g/mol. The maximum Gasteiger partial charge on any atom is 0.297 e. The Labute approximate surface area is 169 Å². The van der Waals surface area contributed by atoms with Crippen LogP contribution in [0.25, 0.3) is 17.0 Å². The highest BCUT2D eigenvalue weighted by Gasteiger charge is 2.29. The zero-order chi connectivity index (χ0) is 21.3. The van der Waals surface area contributed by atoms with Gasteiger partial charge in [0.1, 0.15) is 23.4 Å². The van der Waals surface area contributed by atoms with Crippen LogP contribution in [0.1, 0.15) is 21.9 Å². The normalized spacial score (nSPS) is 12.0. The average Bonchev–Trinajstić information content (AvgIpc) is 3.44. The van der Waals surface area contributed by atoms with Crippen molar-refractivity contribution < 1.29 is 23.2 Å². The number of fused-ring (bicyclic) bond motifs is 1. The smallest absolute Gasteiger partial charge is 0.297 e. The second-order valence-electron chi connectivity index (χ2n) is 6.56. The van der Waals surface area contributed by atoms with Gasteiger partial charge in [-0.25, -0.2) is 9.97 Å². The number of aromatic nitrogens is 3. The fourth-order valence-corrected chi connectivity index (χ4v) is 3.18. The number of hydrogen-bond donors (Lipinski definition) is 2. The molecule has 4 aromatic rings. The largest absolute Gasteiger partial charge is 0.433 e. The number of Topliss-reactive ketones (excluding diaryl/α,β-unsaturated/α-hetero) is 1. The third-order valence-corrected chi connectivity index (χ3v) is 4.62. The van der Waals surface area contributed by atoms with Crippen LogP contribution in [0, 0.1) is 6.92 Å². The summed E-state index contributed by atoms with van der Waals surface area (Å²) in [5.41, 5.74) is 5.94. The van der Waals surface area contributed by atoms with E-state index in [0.717, 1.165) is 0 Å². The molecule has 0 fully saturated rings. The second kappa shape index (κ2) is 7.66. The van der Waals surface area contributed by atoms with Crippen LogP contribution in [-0.4, -0.2) is 38.2 Å². The van der Waals surface area contributed by atoms with E-state index in [0.29, 0.717) is 22.6 Å². The van der Waals surface area contributed by atoms with Crippen LogP contribution in [0.3, 0.4) is 0 Å². The maximum atomic E-state index is 13.0. The first-order valence-corrected chi connectivity index (χ1v) is 8.99. The molecule has 0 aliphatic rings. The molecule has 4 rings (SSSR count). The molecule has 0 saturated heterocycles. The van der Waals surface area contributed by atoms with E-state index < -0.39 is 23.6 Å². The van der Waals surface area contributed by atoms with Gasteiger partial charge in [0.2, 0.25) is 5.78 Å². The summed E-state index contributed by atoms with van der Waals surface area (Å²) in [6.07, 6.45) is 5.80. The van der Waals surface area contributed by atoms with Crippen molar-refractivity contribution in [3.05, 3.63) is 66.3 Å². The number of hydrogen-bond acceptors (Lipinski definition) is 7. The number of rotatable bonds is 7. The van der Waals surface area contributed by atoms with Gasteiger partial charge in [-0.1, -0.05) is 6.07 Å². The van der Waals surface area contributed by atoms with Crippen LogP contribution in [0.5, 0.6) is 0 Å². The molecule has 30 heavy (non-hydrogen) atoms. The number of furan rings is 2. The zero-order valence-corrected chi connectivity index (χ0v) is 15.9. The van der Waals surface area contributed by atoms with Gasteiger partial charge in [0.05, 0.1) is 24.1 Å². The number of nitrogens with zero attached hydrogens (tertiary/aromatic N) is 3. The van der Waals surface area contributed by atoms with Crippen LogP contribution in [0.4, 0.5) is 0 Å². The molecule has 4 heterocycles. The van der Waals surface area contributed by atoms with E-state index in [1.165, 1.54) is 18.7 Å². The summed E-state index contributed by atoms with van der Waals surface area (Å²) in [7, 11) is 0. The Morgan fingerprint density at radius 3 is 2.77 bits per heavy atom. The van der Waals surface area contributed by atoms with Crippen molar-refractivity contribution in [3.63, 3.8) is 0 Å². The van der Waals surface area contributed by atoms with Crippen LogP contribution in [-0.2, 0) is 16.0 Å². The van der Waals surface area contributed by atoms with E-state index in [1.54, 1.807) is 42.0 Å². The Bertz CT molecular complexity index is 1240. The molecular formula is C20H17N5O5. The number of carbonyl (C=O) groups is 3. The van der Waals surface area contributed by atoms with Gasteiger partial charge in [0.25, 0.3) is 17.6 Å². The Kier molecular flexibility index (Phi) is 4.88. The first-order valence-electron chi connectivity index (χ1n) is 8.99. The minimum Gasteiger partial charge on any atom is -0.433 e. The molecule has 1 atom stereocenters. The van der Waals surface area contributed by atoms with Crippen molar-refractivity contribution in [1.29, 1.82) is 0 Å². The fraction of sp³-hybridized carbons (Fsp3) is 0.150. The van der Waals surface area contributed by atoms with Crippen LogP contribution in [0.15, 0.2) is 58.0 Å². The molecule has 3 N–H and O–H groups in total. The number of ketones is 1. The lowest BCUT2D eigenvalue weighted by Gasteiger charge is -2.16. The predicted octanol–water partition coefficient (Wildman–Crippen LogP) is 1.31. The Balaban J connectivity index is 1.64. The second-order valence-corrected chi connectivity index (χ2v) is 6.56.